The second-order valence-electron chi connectivity index (χ2n) is 4.91. The first-order valence-corrected chi connectivity index (χ1v) is 8.30. The van der Waals surface area contributed by atoms with Gasteiger partial charge in [-0.25, -0.2) is 4.39 Å². The Morgan fingerprint density at radius 1 is 1.18 bits per heavy atom. The van der Waals surface area contributed by atoms with Crippen LogP contribution in [-0.2, 0) is 0 Å². The van der Waals surface area contributed by atoms with Crippen molar-refractivity contribution in [3.05, 3.63) is 30.1 Å². The van der Waals surface area contributed by atoms with Gasteiger partial charge in [-0.05, 0) is 30.4 Å². The highest BCUT2D eigenvalue weighted by molar-refractivity contribution is 9.09. The average Bonchev–Trinajstić information content (AvgIpc) is 2.39. The van der Waals surface area contributed by atoms with Gasteiger partial charge in [0.25, 0.3) is 0 Å². The monoisotopic (exact) mass is 316 g/mol. The Bertz CT molecular complexity index is 361. The molecule has 1 saturated carbocycles. The summed E-state index contributed by atoms with van der Waals surface area (Å²) in [6.07, 6.45) is 6.56. The van der Waals surface area contributed by atoms with E-state index in [1.165, 1.54) is 32.1 Å². The largest absolute Gasteiger partial charge is 0.206 e. The third-order valence-corrected chi connectivity index (χ3v) is 6.16. The van der Waals surface area contributed by atoms with E-state index < -0.39 is 0 Å². The van der Waals surface area contributed by atoms with Gasteiger partial charge in [-0.15, -0.1) is 11.8 Å². The summed E-state index contributed by atoms with van der Waals surface area (Å²) in [6.45, 7) is 0. The number of hydrogen-bond donors (Lipinski definition) is 0. The van der Waals surface area contributed by atoms with E-state index in [2.05, 4.69) is 15.9 Å². The molecule has 0 aliphatic heterocycles. The molecule has 0 heterocycles. The Hall–Kier alpha value is -0.0200. The number of rotatable bonds is 4. The van der Waals surface area contributed by atoms with Crippen LogP contribution in [0, 0.1) is 11.2 Å². The van der Waals surface area contributed by atoms with Gasteiger partial charge < -0.3 is 0 Å². The summed E-state index contributed by atoms with van der Waals surface area (Å²) in [5, 5.41) is 1.04. The maximum atomic E-state index is 13.5. The fourth-order valence-electron chi connectivity index (χ4n) is 2.41. The summed E-state index contributed by atoms with van der Waals surface area (Å²) in [4.78, 5) is 0.790. The van der Waals surface area contributed by atoms with Crippen molar-refractivity contribution in [2.45, 2.75) is 37.0 Å². The molecule has 17 heavy (non-hydrogen) atoms. The fourth-order valence-corrected chi connectivity index (χ4v) is 4.67. The number of alkyl halides is 1. The number of halogens is 2. The molecule has 3 heteroatoms. The SMILES string of the molecule is Fc1ccccc1SCC1(CBr)CCCCC1. The second kappa shape index (κ2) is 6.24. The average molecular weight is 317 g/mol. The third kappa shape index (κ3) is 3.47. The number of hydrogen-bond acceptors (Lipinski definition) is 1. The summed E-state index contributed by atoms with van der Waals surface area (Å²) < 4.78 is 13.5. The Morgan fingerprint density at radius 2 is 1.88 bits per heavy atom. The quantitative estimate of drug-likeness (QED) is 0.539. The molecule has 1 aromatic carbocycles. The Kier molecular flexibility index (Phi) is 4.92. The lowest BCUT2D eigenvalue weighted by Gasteiger charge is -2.35. The van der Waals surface area contributed by atoms with Gasteiger partial charge in [0.1, 0.15) is 5.82 Å². The van der Waals surface area contributed by atoms with Gasteiger partial charge in [-0.2, -0.15) is 0 Å². The molecule has 1 fully saturated rings. The minimum absolute atomic E-state index is 0.0852. The molecule has 0 nitrogen and oxygen atoms in total. The van der Waals surface area contributed by atoms with E-state index in [0.717, 1.165) is 16.0 Å². The molecule has 0 radical (unpaired) electrons. The Morgan fingerprint density at radius 3 is 2.53 bits per heavy atom. The zero-order valence-electron chi connectivity index (χ0n) is 9.92. The Labute approximate surface area is 116 Å². The molecule has 0 bridgehead atoms. The van der Waals surface area contributed by atoms with Crippen molar-refractivity contribution < 1.29 is 4.39 Å². The van der Waals surface area contributed by atoms with E-state index in [4.69, 9.17) is 0 Å². The molecular formula is C14H18BrFS. The van der Waals surface area contributed by atoms with Gasteiger partial charge >= 0.3 is 0 Å². The van der Waals surface area contributed by atoms with Gasteiger partial charge in [0.15, 0.2) is 0 Å². The summed E-state index contributed by atoms with van der Waals surface area (Å²) >= 11 is 5.33. The molecule has 0 aromatic heterocycles. The molecule has 0 unspecified atom stereocenters. The molecular weight excluding hydrogens is 299 g/mol. The fraction of sp³-hybridized carbons (Fsp3) is 0.571. The van der Waals surface area contributed by atoms with E-state index in [0.29, 0.717) is 5.41 Å². The van der Waals surface area contributed by atoms with Crippen molar-refractivity contribution in [3.8, 4) is 0 Å². The van der Waals surface area contributed by atoms with Gasteiger partial charge in [-0.1, -0.05) is 47.3 Å². The van der Waals surface area contributed by atoms with E-state index in [9.17, 15) is 4.39 Å². The normalized spacial score (nSPS) is 19.2. The lowest BCUT2D eigenvalue weighted by molar-refractivity contribution is 0.260. The highest BCUT2D eigenvalue weighted by Crippen LogP contribution is 2.42. The number of thioether (sulfide) groups is 1. The Balaban J connectivity index is 1.98. The standard InChI is InChI=1S/C14H18BrFS/c15-10-14(8-4-1-5-9-14)11-17-13-7-3-2-6-12(13)16/h2-3,6-7H,1,4-5,8-11H2. The molecule has 0 amide bonds. The zero-order chi connectivity index (χ0) is 12.1. The molecule has 0 spiro atoms. The molecule has 2 rings (SSSR count). The minimum Gasteiger partial charge on any atom is -0.206 e. The van der Waals surface area contributed by atoms with Crippen molar-refractivity contribution in [3.63, 3.8) is 0 Å². The van der Waals surface area contributed by atoms with Crippen LogP contribution in [0.5, 0.6) is 0 Å². The first-order valence-electron chi connectivity index (χ1n) is 6.19. The van der Waals surface area contributed by atoms with Crippen LogP contribution in [0.3, 0.4) is 0 Å². The molecule has 0 N–H and O–H groups in total. The maximum absolute atomic E-state index is 13.5. The van der Waals surface area contributed by atoms with Crippen molar-refractivity contribution in [1.82, 2.24) is 0 Å². The lowest BCUT2D eigenvalue weighted by atomic mass is 9.77. The predicted molar refractivity (Wildman–Crippen MR) is 76.4 cm³/mol. The molecule has 1 aliphatic rings. The summed E-state index contributed by atoms with van der Waals surface area (Å²) in [7, 11) is 0. The van der Waals surface area contributed by atoms with Crippen molar-refractivity contribution >= 4 is 27.7 Å². The minimum atomic E-state index is -0.0852. The second-order valence-corrected chi connectivity index (χ2v) is 6.49. The predicted octanol–water partition coefficient (Wildman–Crippen LogP) is 5.26. The summed E-state index contributed by atoms with van der Waals surface area (Å²) in [5.74, 6) is 0.942. The molecule has 0 saturated heterocycles. The van der Waals surface area contributed by atoms with Crippen molar-refractivity contribution in [2.75, 3.05) is 11.1 Å². The topological polar surface area (TPSA) is 0 Å². The van der Waals surface area contributed by atoms with E-state index in [1.54, 1.807) is 23.9 Å². The van der Waals surface area contributed by atoms with Crippen LogP contribution >= 0.6 is 27.7 Å². The van der Waals surface area contributed by atoms with Crippen LogP contribution in [0.2, 0.25) is 0 Å². The van der Waals surface area contributed by atoms with Crippen LogP contribution in [0.15, 0.2) is 29.2 Å². The van der Waals surface area contributed by atoms with Gasteiger partial charge in [0.05, 0.1) is 0 Å². The van der Waals surface area contributed by atoms with Crippen LogP contribution in [0.1, 0.15) is 32.1 Å². The molecule has 94 valence electrons. The molecule has 1 aromatic rings. The van der Waals surface area contributed by atoms with Crippen molar-refractivity contribution in [2.24, 2.45) is 5.41 Å². The van der Waals surface area contributed by atoms with Crippen LogP contribution in [0.25, 0.3) is 0 Å². The van der Waals surface area contributed by atoms with Crippen molar-refractivity contribution in [1.29, 1.82) is 0 Å². The van der Waals surface area contributed by atoms with Gasteiger partial charge in [-0.3, -0.25) is 0 Å². The van der Waals surface area contributed by atoms with Gasteiger partial charge in [0, 0.05) is 16.0 Å². The highest BCUT2D eigenvalue weighted by Gasteiger charge is 2.31. The van der Waals surface area contributed by atoms with Crippen LogP contribution in [-0.4, -0.2) is 11.1 Å². The highest BCUT2D eigenvalue weighted by atomic mass is 79.9. The smallest absolute Gasteiger partial charge is 0.136 e. The van der Waals surface area contributed by atoms with E-state index in [-0.39, 0.29) is 5.82 Å². The molecule has 1 aliphatic carbocycles. The maximum Gasteiger partial charge on any atom is 0.136 e. The summed E-state index contributed by atoms with van der Waals surface area (Å²) in [6, 6.07) is 7.09. The van der Waals surface area contributed by atoms with E-state index >= 15 is 0 Å². The van der Waals surface area contributed by atoms with E-state index in [1.807, 2.05) is 12.1 Å². The third-order valence-electron chi connectivity index (χ3n) is 3.57. The zero-order valence-corrected chi connectivity index (χ0v) is 12.3. The van der Waals surface area contributed by atoms with Gasteiger partial charge in [0.2, 0.25) is 0 Å². The lowest BCUT2D eigenvalue weighted by Crippen LogP contribution is -2.28. The first-order chi connectivity index (χ1) is 8.26. The number of benzene rings is 1. The first kappa shape index (κ1) is 13.4. The molecule has 0 atom stereocenters. The van der Waals surface area contributed by atoms with Crippen LogP contribution < -0.4 is 0 Å². The summed E-state index contributed by atoms with van der Waals surface area (Å²) in [5.41, 5.74) is 0.380. The van der Waals surface area contributed by atoms with Crippen LogP contribution in [0.4, 0.5) is 4.39 Å².